The van der Waals surface area contributed by atoms with Gasteiger partial charge in [0.2, 0.25) is 0 Å². The minimum atomic E-state index is -0.506. The number of benzene rings is 1. The molecule has 8 heteroatoms. The van der Waals surface area contributed by atoms with E-state index in [9.17, 15) is 4.79 Å². The van der Waals surface area contributed by atoms with Crippen LogP contribution in [0.3, 0.4) is 0 Å². The zero-order chi connectivity index (χ0) is 21.2. The number of halogens is 1. The Bertz CT molecular complexity index is 959. The third-order valence-corrected chi connectivity index (χ3v) is 5.05. The molecule has 7 nitrogen and oxygen atoms in total. The van der Waals surface area contributed by atoms with Crippen molar-refractivity contribution in [3.8, 4) is 17.6 Å². The van der Waals surface area contributed by atoms with Crippen molar-refractivity contribution in [3.05, 3.63) is 28.9 Å². The lowest BCUT2D eigenvalue weighted by atomic mass is 9.81. The lowest BCUT2D eigenvalue weighted by Gasteiger charge is -2.36. The minimum absolute atomic E-state index is 0.0989. The fourth-order valence-corrected chi connectivity index (χ4v) is 3.43. The van der Waals surface area contributed by atoms with E-state index in [-0.39, 0.29) is 6.04 Å². The maximum absolute atomic E-state index is 11.8. The number of rotatable bonds is 5. The van der Waals surface area contributed by atoms with Crippen molar-refractivity contribution in [3.63, 3.8) is 0 Å². The van der Waals surface area contributed by atoms with Gasteiger partial charge in [0.15, 0.2) is 11.5 Å². The summed E-state index contributed by atoms with van der Waals surface area (Å²) in [6.07, 6.45) is 2.70. The predicted molar refractivity (Wildman–Crippen MR) is 109 cm³/mol. The number of carbonyl (C=O) groups is 1. The quantitative estimate of drug-likeness (QED) is 0.772. The van der Waals surface area contributed by atoms with Gasteiger partial charge in [-0.15, -0.1) is 0 Å². The molecule has 0 unspecified atom stereocenters. The van der Waals surface area contributed by atoms with Gasteiger partial charge >= 0.3 is 6.09 Å². The Morgan fingerprint density at radius 3 is 2.69 bits per heavy atom. The highest BCUT2D eigenvalue weighted by Gasteiger charge is 2.32. The summed E-state index contributed by atoms with van der Waals surface area (Å²) in [7, 11) is 1.55. The van der Waals surface area contributed by atoms with Crippen LogP contribution < -0.4 is 14.8 Å². The van der Waals surface area contributed by atoms with Crippen LogP contribution >= 0.6 is 11.6 Å². The van der Waals surface area contributed by atoms with Crippen molar-refractivity contribution in [2.75, 3.05) is 13.7 Å². The number of fused-ring (bicyclic) bond motifs is 1. The standard InChI is InChI=1S/C21H24ClN3O4/c1-21(2,3)29-20(26)25-14-5-12(6-14)11-28-18-8-16-15(7-17(18)27-4)19(22)13(9-23)10-24-16/h7-8,10,12,14H,5-6,11H2,1-4H3,(H,25,26). The first kappa shape index (κ1) is 21.0. The number of pyridine rings is 1. The molecule has 0 spiro atoms. The van der Waals surface area contributed by atoms with E-state index in [1.165, 1.54) is 6.20 Å². The Morgan fingerprint density at radius 2 is 2.07 bits per heavy atom. The molecule has 3 rings (SSSR count). The van der Waals surface area contributed by atoms with Gasteiger partial charge in [-0.1, -0.05) is 11.6 Å². The van der Waals surface area contributed by atoms with E-state index >= 15 is 0 Å². The van der Waals surface area contributed by atoms with Gasteiger partial charge in [0.25, 0.3) is 0 Å². The minimum Gasteiger partial charge on any atom is -0.493 e. The number of alkyl carbamates (subject to hydrolysis) is 1. The number of amides is 1. The van der Waals surface area contributed by atoms with Crippen LogP contribution in [0.2, 0.25) is 5.02 Å². The van der Waals surface area contributed by atoms with E-state index in [0.717, 1.165) is 12.8 Å². The molecule has 2 aromatic rings. The Hall–Kier alpha value is -2.72. The molecule has 1 heterocycles. The van der Waals surface area contributed by atoms with Crippen molar-refractivity contribution in [2.24, 2.45) is 5.92 Å². The first-order chi connectivity index (χ1) is 13.7. The van der Waals surface area contributed by atoms with Gasteiger partial charge < -0.3 is 19.5 Å². The van der Waals surface area contributed by atoms with Crippen LogP contribution in [0.4, 0.5) is 4.79 Å². The van der Waals surface area contributed by atoms with E-state index in [1.54, 1.807) is 19.2 Å². The fourth-order valence-electron chi connectivity index (χ4n) is 3.19. The summed E-state index contributed by atoms with van der Waals surface area (Å²) in [5.41, 5.74) is 0.434. The SMILES string of the molecule is COc1cc2c(Cl)c(C#N)cnc2cc1OCC1CC(NC(=O)OC(C)(C)C)C1. The van der Waals surface area contributed by atoms with Gasteiger partial charge in [0.1, 0.15) is 11.7 Å². The van der Waals surface area contributed by atoms with Crippen LogP contribution in [-0.2, 0) is 4.74 Å². The molecule has 0 aliphatic heterocycles. The molecule has 1 aromatic heterocycles. The van der Waals surface area contributed by atoms with Crippen molar-refractivity contribution in [1.82, 2.24) is 10.3 Å². The Balaban J connectivity index is 1.59. The molecule has 154 valence electrons. The molecule has 1 aliphatic carbocycles. The number of hydrogen-bond acceptors (Lipinski definition) is 6. The number of ether oxygens (including phenoxy) is 3. The molecule has 0 radical (unpaired) electrons. The molecule has 0 atom stereocenters. The third-order valence-electron chi connectivity index (χ3n) is 4.64. The van der Waals surface area contributed by atoms with Crippen LogP contribution in [-0.4, -0.2) is 36.4 Å². The van der Waals surface area contributed by atoms with Crippen LogP contribution in [0, 0.1) is 17.2 Å². The molecule has 1 aliphatic rings. The molecule has 0 bridgehead atoms. The molecule has 1 N–H and O–H groups in total. The average Bonchev–Trinajstić information content (AvgIpc) is 2.61. The monoisotopic (exact) mass is 417 g/mol. The number of nitrogens with zero attached hydrogens (tertiary/aromatic N) is 2. The molecule has 1 saturated carbocycles. The maximum Gasteiger partial charge on any atom is 0.407 e. The highest BCUT2D eigenvalue weighted by molar-refractivity contribution is 6.36. The number of aromatic nitrogens is 1. The van der Waals surface area contributed by atoms with Gasteiger partial charge in [0, 0.05) is 23.7 Å². The Kier molecular flexibility index (Phi) is 6.04. The van der Waals surface area contributed by atoms with E-state index in [1.807, 2.05) is 26.8 Å². The molecular weight excluding hydrogens is 394 g/mol. The van der Waals surface area contributed by atoms with Crippen LogP contribution in [0.25, 0.3) is 10.9 Å². The number of hydrogen-bond donors (Lipinski definition) is 1. The van der Waals surface area contributed by atoms with Crippen LogP contribution in [0.1, 0.15) is 39.2 Å². The fraction of sp³-hybridized carbons (Fsp3) is 0.476. The summed E-state index contributed by atoms with van der Waals surface area (Å²) in [6.45, 7) is 6.01. The van der Waals surface area contributed by atoms with Crippen molar-refractivity contribution < 1.29 is 19.0 Å². The summed E-state index contributed by atoms with van der Waals surface area (Å²) in [5, 5.41) is 13.0. The topological polar surface area (TPSA) is 93.5 Å². The number of carbonyl (C=O) groups excluding carboxylic acids is 1. The summed E-state index contributed by atoms with van der Waals surface area (Å²) in [6, 6.07) is 5.61. The second-order valence-electron chi connectivity index (χ2n) is 8.11. The summed E-state index contributed by atoms with van der Waals surface area (Å²) in [4.78, 5) is 16.1. The smallest absolute Gasteiger partial charge is 0.407 e. The van der Waals surface area contributed by atoms with Gasteiger partial charge in [-0.3, -0.25) is 4.98 Å². The van der Waals surface area contributed by atoms with Gasteiger partial charge in [-0.2, -0.15) is 5.26 Å². The summed E-state index contributed by atoms with van der Waals surface area (Å²) >= 11 is 6.28. The van der Waals surface area contributed by atoms with Crippen LogP contribution in [0.15, 0.2) is 18.3 Å². The maximum atomic E-state index is 11.8. The molecule has 1 amide bonds. The van der Waals surface area contributed by atoms with Gasteiger partial charge in [-0.05, 0) is 45.6 Å². The Labute approximate surface area is 174 Å². The second kappa shape index (κ2) is 8.34. The molecule has 1 aromatic carbocycles. The van der Waals surface area contributed by atoms with Gasteiger partial charge in [0.05, 0.1) is 29.8 Å². The average molecular weight is 418 g/mol. The number of methoxy groups -OCH3 is 1. The van der Waals surface area contributed by atoms with E-state index in [2.05, 4.69) is 10.3 Å². The van der Waals surface area contributed by atoms with Crippen LogP contribution in [0.5, 0.6) is 11.5 Å². The lowest BCUT2D eigenvalue weighted by molar-refractivity contribution is 0.0427. The van der Waals surface area contributed by atoms with E-state index < -0.39 is 11.7 Å². The van der Waals surface area contributed by atoms with E-state index in [0.29, 0.717) is 45.5 Å². The Morgan fingerprint density at radius 1 is 1.34 bits per heavy atom. The van der Waals surface area contributed by atoms with Crippen molar-refractivity contribution >= 4 is 28.6 Å². The highest BCUT2D eigenvalue weighted by atomic mass is 35.5. The molecular formula is C21H24ClN3O4. The van der Waals surface area contributed by atoms with E-state index in [4.69, 9.17) is 31.1 Å². The summed E-state index contributed by atoms with van der Waals surface area (Å²) in [5.74, 6) is 1.42. The highest BCUT2D eigenvalue weighted by Crippen LogP contribution is 2.37. The zero-order valence-electron chi connectivity index (χ0n) is 16.9. The lowest BCUT2D eigenvalue weighted by Crippen LogP contribution is -2.47. The molecule has 0 saturated heterocycles. The van der Waals surface area contributed by atoms with Crippen molar-refractivity contribution in [2.45, 2.75) is 45.3 Å². The first-order valence-electron chi connectivity index (χ1n) is 9.39. The zero-order valence-corrected chi connectivity index (χ0v) is 17.7. The van der Waals surface area contributed by atoms with Crippen molar-refractivity contribution in [1.29, 1.82) is 5.26 Å². The first-order valence-corrected chi connectivity index (χ1v) is 9.76. The number of nitriles is 1. The van der Waals surface area contributed by atoms with Gasteiger partial charge in [-0.25, -0.2) is 4.79 Å². The molecule has 1 fully saturated rings. The largest absolute Gasteiger partial charge is 0.493 e. The normalized spacial score (nSPS) is 18.5. The number of nitrogens with one attached hydrogen (secondary N) is 1. The summed E-state index contributed by atoms with van der Waals surface area (Å²) < 4.78 is 16.6. The molecule has 29 heavy (non-hydrogen) atoms. The second-order valence-corrected chi connectivity index (χ2v) is 8.49. The third kappa shape index (κ3) is 5.01. The predicted octanol–water partition coefficient (Wildman–Crippen LogP) is 4.45.